The third kappa shape index (κ3) is 5.35. The van der Waals surface area contributed by atoms with Crippen LogP contribution in [-0.4, -0.2) is 19.5 Å². The average molecular weight is 627 g/mol. The third-order valence-corrected chi connectivity index (χ3v) is 9.06. The van der Waals surface area contributed by atoms with Crippen molar-refractivity contribution in [2.24, 2.45) is 0 Å². The van der Waals surface area contributed by atoms with Crippen molar-refractivity contribution in [3.8, 4) is 62.1 Å². The van der Waals surface area contributed by atoms with Crippen molar-refractivity contribution >= 4 is 21.8 Å². The summed E-state index contributed by atoms with van der Waals surface area (Å²) < 4.78 is 2.36. The van der Waals surface area contributed by atoms with Gasteiger partial charge in [0.05, 0.1) is 11.0 Å². The number of hydrogen-bond acceptors (Lipinski definition) is 3. The zero-order valence-electron chi connectivity index (χ0n) is 26.6. The molecule has 0 amide bonds. The van der Waals surface area contributed by atoms with E-state index < -0.39 is 0 Å². The second kappa shape index (κ2) is 12.2. The molecule has 0 fully saturated rings. The van der Waals surface area contributed by atoms with Gasteiger partial charge in [-0.25, -0.2) is 15.0 Å². The van der Waals surface area contributed by atoms with Gasteiger partial charge in [-0.2, -0.15) is 0 Å². The van der Waals surface area contributed by atoms with E-state index in [-0.39, 0.29) is 0 Å². The fourth-order valence-electron chi connectivity index (χ4n) is 6.66. The molecule has 0 N–H and O–H groups in total. The molecule has 0 unspecified atom stereocenters. The van der Waals surface area contributed by atoms with Gasteiger partial charge in [-0.3, -0.25) is 0 Å². The Morgan fingerprint density at radius 1 is 0.286 bits per heavy atom. The second-order valence-electron chi connectivity index (χ2n) is 12.1. The van der Waals surface area contributed by atoms with Crippen molar-refractivity contribution in [3.63, 3.8) is 0 Å². The smallest absolute Gasteiger partial charge is 0.164 e. The maximum absolute atomic E-state index is 4.93. The van der Waals surface area contributed by atoms with Crippen molar-refractivity contribution in [2.45, 2.75) is 0 Å². The number of hydrogen-bond donors (Lipinski definition) is 0. The van der Waals surface area contributed by atoms with Crippen LogP contribution in [0, 0.1) is 0 Å². The first-order valence-electron chi connectivity index (χ1n) is 16.5. The van der Waals surface area contributed by atoms with Crippen LogP contribution in [0.5, 0.6) is 0 Å². The van der Waals surface area contributed by atoms with Gasteiger partial charge in [0, 0.05) is 33.2 Å². The average Bonchev–Trinajstić information content (AvgIpc) is 3.53. The minimum absolute atomic E-state index is 0.646. The molecule has 9 rings (SSSR count). The Morgan fingerprint density at radius 3 is 1.24 bits per heavy atom. The molecule has 0 spiro atoms. The molecule has 0 aliphatic heterocycles. The van der Waals surface area contributed by atoms with Gasteiger partial charge in [0.15, 0.2) is 17.5 Å². The standard InChI is InChI=1S/C45H30N4/c1-3-13-33(14-4-1)43-46-44(34-15-5-2-6-16-34)48-45(47-43)37-19-11-17-35(29-37)31-25-27-32(28-26-31)36-18-12-20-38(30-36)49-41-23-9-7-21-39(41)40-22-8-10-24-42(40)49/h1-30H. The van der Waals surface area contributed by atoms with Crippen molar-refractivity contribution in [1.29, 1.82) is 0 Å². The fourth-order valence-corrected chi connectivity index (χ4v) is 6.66. The Morgan fingerprint density at radius 2 is 0.694 bits per heavy atom. The van der Waals surface area contributed by atoms with E-state index >= 15 is 0 Å². The number of nitrogens with zero attached hydrogens (tertiary/aromatic N) is 4. The summed E-state index contributed by atoms with van der Waals surface area (Å²) in [6.07, 6.45) is 0. The Balaban J connectivity index is 1.06. The molecule has 0 saturated heterocycles. The molecular formula is C45H30N4. The summed E-state index contributed by atoms with van der Waals surface area (Å²) >= 11 is 0. The maximum Gasteiger partial charge on any atom is 0.164 e. The molecular weight excluding hydrogens is 597 g/mol. The molecule has 0 atom stereocenters. The molecule has 9 aromatic rings. The lowest BCUT2D eigenvalue weighted by molar-refractivity contribution is 1.07. The van der Waals surface area contributed by atoms with Crippen molar-refractivity contribution in [1.82, 2.24) is 19.5 Å². The van der Waals surface area contributed by atoms with E-state index in [1.54, 1.807) is 0 Å². The first kappa shape index (κ1) is 28.6. The van der Waals surface area contributed by atoms with Gasteiger partial charge < -0.3 is 4.57 Å². The summed E-state index contributed by atoms with van der Waals surface area (Å²) in [5.41, 5.74) is 11.0. The lowest BCUT2D eigenvalue weighted by Gasteiger charge is -2.11. The van der Waals surface area contributed by atoms with Crippen molar-refractivity contribution in [2.75, 3.05) is 0 Å². The number of aromatic nitrogens is 4. The van der Waals surface area contributed by atoms with Crippen molar-refractivity contribution < 1.29 is 0 Å². The number of fused-ring (bicyclic) bond motifs is 3. The Kier molecular flexibility index (Phi) is 7.10. The fraction of sp³-hybridized carbons (Fsp3) is 0. The largest absolute Gasteiger partial charge is 0.309 e. The predicted octanol–water partition coefficient (Wildman–Crippen LogP) is 11.3. The summed E-state index contributed by atoms with van der Waals surface area (Å²) in [6, 6.07) is 63.5. The molecule has 0 radical (unpaired) electrons. The molecule has 4 nitrogen and oxygen atoms in total. The zero-order valence-corrected chi connectivity index (χ0v) is 26.6. The number of rotatable bonds is 6. The molecule has 0 saturated carbocycles. The van der Waals surface area contributed by atoms with E-state index in [2.05, 4.69) is 126 Å². The highest BCUT2D eigenvalue weighted by Gasteiger charge is 2.14. The molecule has 0 aliphatic carbocycles. The van der Waals surface area contributed by atoms with Gasteiger partial charge in [0.25, 0.3) is 0 Å². The van der Waals surface area contributed by atoms with Crippen LogP contribution in [0.4, 0.5) is 0 Å². The first-order valence-corrected chi connectivity index (χ1v) is 16.5. The summed E-state index contributed by atoms with van der Waals surface area (Å²) in [5.74, 6) is 1.96. The normalized spacial score (nSPS) is 11.3. The van der Waals surface area contributed by atoms with Gasteiger partial charge in [-0.1, -0.05) is 152 Å². The molecule has 7 aromatic carbocycles. The van der Waals surface area contributed by atoms with E-state index in [1.807, 2.05) is 60.7 Å². The molecule has 49 heavy (non-hydrogen) atoms. The summed E-state index contributed by atoms with van der Waals surface area (Å²) in [6.45, 7) is 0. The van der Waals surface area contributed by atoms with E-state index in [0.29, 0.717) is 17.5 Å². The van der Waals surface area contributed by atoms with Crippen LogP contribution in [0.15, 0.2) is 182 Å². The first-order chi connectivity index (χ1) is 24.3. The Bertz CT molecular complexity index is 2480. The van der Waals surface area contributed by atoms with Gasteiger partial charge in [0.1, 0.15) is 0 Å². The molecule has 2 heterocycles. The van der Waals surface area contributed by atoms with Crippen LogP contribution in [0.25, 0.3) is 83.9 Å². The molecule has 0 aliphatic rings. The summed E-state index contributed by atoms with van der Waals surface area (Å²) in [7, 11) is 0. The van der Waals surface area contributed by atoms with E-state index in [4.69, 9.17) is 15.0 Å². The van der Waals surface area contributed by atoms with Crippen molar-refractivity contribution in [3.05, 3.63) is 182 Å². The highest BCUT2D eigenvalue weighted by molar-refractivity contribution is 6.09. The van der Waals surface area contributed by atoms with E-state index in [1.165, 1.54) is 32.9 Å². The summed E-state index contributed by atoms with van der Waals surface area (Å²) in [4.78, 5) is 14.7. The highest BCUT2D eigenvalue weighted by Crippen LogP contribution is 2.34. The molecule has 4 heteroatoms. The highest BCUT2D eigenvalue weighted by atomic mass is 15.0. The minimum Gasteiger partial charge on any atom is -0.309 e. The Labute approximate surface area is 284 Å². The van der Waals surface area contributed by atoms with E-state index in [0.717, 1.165) is 33.5 Å². The van der Waals surface area contributed by atoms with Crippen LogP contribution in [0.3, 0.4) is 0 Å². The third-order valence-electron chi connectivity index (χ3n) is 9.06. The quantitative estimate of drug-likeness (QED) is 0.184. The van der Waals surface area contributed by atoms with Gasteiger partial charge in [-0.15, -0.1) is 0 Å². The number of para-hydroxylation sites is 2. The molecule has 230 valence electrons. The zero-order chi connectivity index (χ0) is 32.6. The van der Waals surface area contributed by atoms with Crippen LogP contribution < -0.4 is 0 Å². The molecule has 2 aromatic heterocycles. The van der Waals surface area contributed by atoms with Crippen LogP contribution in [-0.2, 0) is 0 Å². The van der Waals surface area contributed by atoms with Crippen LogP contribution >= 0.6 is 0 Å². The topological polar surface area (TPSA) is 43.6 Å². The molecule has 0 bridgehead atoms. The second-order valence-corrected chi connectivity index (χ2v) is 12.1. The number of benzene rings is 7. The van der Waals surface area contributed by atoms with Gasteiger partial charge in [0.2, 0.25) is 0 Å². The minimum atomic E-state index is 0.646. The van der Waals surface area contributed by atoms with Gasteiger partial charge >= 0.3 is 0 Å². The monoisotopic (exact) mass is 626 g/mol. The predicted molar refractivity (Wildman–Crippen MR) is 201 cm³/mol. The van der Waals surface area contributed by atoms with Crippen LogP contribution in [0.1, 0.15) is 0 Å². The van der Waals surface area contributed by atoms with Gasteiger partial charge in [-0.05, 0) is 52.6 Å². The SMILES string of the molecule is c1ccc(-c2nc(-c3ccccc3)nc(-c3cccc(-c4ccc(-c5cccc(-n6c7ccccc7c7ccccc76)c5)cc4)c3)n2)cc1. The Hall–Kier alpha value is -6.65. The van der Waals surface area contributed by atoms with E-state index in [9.17, 15) is 0 Å². The lowest BCUT2D eigenvalue weighted by atomic mass is 9.98. The summed E-state index contributed by atoms with van der Waals surface area (Å²) in [5, 5.41) is 2.53. The van der Waals surface area contributed by atoms with Crippen LogP contribution in [0.2, 0.25) is 0 Å². The lowest BCUT2D eigenvalue weighted by Crippen LogP contribution is -2.00. The maximum atomic E-state index is 4.93.